The van der Waals surface area contributed by atoms with E-state index in [2.05, 4.69) is 19.2 Å². The zero-order valence-corrected chi connectivity index (χ0v) is 13.9. The van der Waals surface area contributed by atoms with Crippen LogP contribution in [0, 0.1) is 5.92 Å². The van der Waals surface area contributed by atoms with Crippen molar-refractivity contribution in [3.05, 3.63) is 0 Å². The van der Waals surface area contributed by atoms with Gasteiger partial charge in [0.05, 0.1) is 11.0 Å². The van der Waals surface area contributed by atoms with Crippen LogP contribution >= 0.6 is 0 Å². The molecule has 1 fully saturated rings. The van der Waals surface area contributed by atoms with Gasteiger partial charge in [-0.2, -0.15) is 0 Å². The fraction of sp³-hybridized carbons (Fsp3) is 1.00. The highest BCUT2D eigenvalue weighted by Gasteiger charge is 2.33. The highest BCUT2D eigenvalue weighted by molar-refractivity contribution is 7.92. The number of rotatable bonds is 7. The van der Waals surface area contributed by atoms with Crippen molar-refractivity contribution in [2.45, 2.75) is 50.8 Å². The fourth-order valence-electron chi connectivity index (χ4n) is 2.75. The van der Waals surface area contributed by atoms with Gasteiger partial charge < -0.3 is 5.32 Å². The maximum absolute atomic E-state index is 12.4. The summed E-state index contributed by atoms with van der Waals surface area (Å²) in [6, 6.07) is 0.285. The first-order valence-corrected chi connectivity index (χ1v) is 10.6. The lowest BCUT2D eigenvalue weighted by Crippen LogP contribution is -2.47. The van der Waals surface area contributed by atoms with Crippen LogP contribution in [0.3, 0.4) is 0 Å². The van der Waals surface area contributed by atoms with E-state index in [-0.39, 0.29) is 22.8 Å². The van der Waals surface area contributed by atoms with Crippen molar-refractivity contribution in [2.75, 3.05) is 24.3 Å². The first kappa shape index (κ1) is 17.1. The van der Waals surface area contributed by atoms with Gasteiger partial charge in [0.1, 0.15) is 9.84 Å². The average molecular weight is 309 g/mol. The van der Waals surface area contributed by atoms with Crippen molar-refractivity contribution in [1.82, 2.24) is 5.32 Å². The minimum Gasteiger partial charge on any atom is -0.313 e. The molecule has 4 nitrogen and oxygen atoms in total. The molecule has 0 bridgehead atoms. The summed E-state index contributed by atoms with van der Waals surface area (Å²) in [7, 11) is -4.07. The number of hydrogen-bond acceptors (Lipinski definition) is 4. The molecule has 0 heterocycles. The Kier molecular flexibility index (Phi) is 6.97. The molecule has 4 unspecified atom stereocenters. The maximum atomic E-state index is 12.4. The lowest BCUT2D eigenvalue weighted by Gasteiger charge is -2.35. The molecule has 1 aliphatic carbocycles. The van der Waals surface area contributed by atoms with Gasteiger partial charge in [0.15, 0.2) is 0 Å². The Morgan fingerprint density at radius 1 is 1.26 bits per heavy atom. The molecular formula is C13H27NO3S2. The van der Waals surface area contributed by atoms with E-state index in [1.54, 1.807) is 0 Å². The Bertz CT molecular complexity index is 395. The van der Waals surface area contributed by atoms with E-state index in [1.807, 2.05) is 0 Å². The summed E-state index contributed by atoms with van der Waals surface area (Å²) in [4.78, 5) is 0. The van der Waals surface area contributed by atoms with Crippen LogP contribution in [0.5, 0.6) is 0 Å². The van der Waals surface area contributed by atoms with Crippen LogP contribution in [0.2, 0.25) is 0 Å². The zero-order chi connectivity index (χ0) is 14.5. The summed E-state index contributed by atoms with van der Waals surface area (Å²) < 4.78 is 34.8. The van der Waals surface area contributed by atoms with Crippen LogP contribution in [0.15, 0.2) is 0 Å². The number of nitrogens with one attached hydrogen (secondary N) is 1. The van der Waals surface area contributed by atoms with Crippen LogP contribution in [0.25, 0.3) is 0 Å². The van der Waals surface area contributed by atoms with E-state index in [0.29, 0.717) is 5.92 Å². The first-order valence-electron chi connectivity index (χ1n) is 7.15. The van der Waals surface area contributed by atoms with Gasteiger partial charge in [-0.15, -0.1) is 0 Å². The standard InChI is InChI=1S/C13H27NO3S2/c1-4-11-6-7-12(14-5-2)13(10-11)18(15)8-9-19(3,16)17/h11-14H,4-10H2,1-3H3. The molecule has 0 aliphatic heterocycles. The Morgan fingerprint density at radius 2 is 1.95 bits per heavy atom. The molecule has 1 aliphatic rings. The second-order valence-electron chi connectivity index (χ2n) is 5.50. The van der Waals surface area contributed by atoms with E-state index in [4.69, 9.17) is 0 Å². The summed E-state index contributed by atoms with van der Waals surface area (Å²) in [5.41, 5.74) is 0. The third-order valence-electron chi connectivity index (χ3n) is 3.94. The molecule has 0 spiro atoms. The molecule has 114 valence electrons. The molecule has 0 radical (unpaired) electrons. The quantitative estimate of drug-likeness (QED) is 0.771. The van der Waals surface area contributed by atoms with Gasteiger partial charge in [-0.3, -0.25) is 4.21 Å². The molecule has 0 aromatic carbocycles. The largest absolute Gasteiger partial charge is 0.313 e. The van der Waals surface area contributed by atoms with E-state index < -0.39 is 20.6 Å². The maximum Gasteiger partial charge on any atom is 0.148 e. The average Bonchev–Trinajstić information content (AvgIpc) is 2.36. The third-order valence-corrected chi connectivity index (χ3v) is 6.94. The van der Waals surface area contributed by atoms with Crippen LogP contribution in [0.1, 0.15) is 39.5 Å². The molecule has 4 atom stereocenters. The van der Waals surface area contributed by atoms with E-state index >= 15 is 0 Å². The van der Waals surface area contributed by atoms with E-state index in [0.717, 1.165) is 25.8 Å². The second-order valence-corrected chi connectivity index (χ2v) is 9.54. The Balaban J connectivity index is 2.64. The Labute approximate surface area is 120 Å². The van der Waals surface area contributed by atoms with Crippen molar-refractivity contribution >= 4 is 20.6 Å². The molecule has 1 N–H and O–H groups in total. The molecule has 0 aromatic heterocycles. The third kappa shape index (κ3) is 5.92. The van der Waals surface area contributed by atoms with Gasteiger partial charge in [-0.25, -0.2) is 8.42 Å². The monoisotopic (exact) mass is 309 g/mol. The molecular weight excluding hydrogens is 282 g/mol. The lowest BCUT2D eigenvalue weighted by atomic mass is 9.84. The van der Waals surface area contributed by atoms with E-state index in [1.165, 1.54) is 12.7 Å². The predicted octanol–water partition coefficient (Wildman–Crippen LogP) is 1.34. The highest BCUT2D eigenvalue weighted by Crippen LogP contribution is 2.30. The van der Waals surface area contributed by atoms with E-state index in [9.17, 15) is 12.6 Å². The van der Waals surface area contributed by atoms with Gasteiger partial charge in [0.25, 0.3) is 0 Å². The first-order chi connectivity index (χ1) is 8.87. The van der Waals surface area contributed by atoms with Gasteiger partial charge in [-0.1, -0.05) is 20.3 Å². The molecule has 6 heteroatoms. The van der Waals surface area contributed by atoms with Gasteiger partial charge >= 0.3 is 0 Å². The summed E-state index contributed by atoms with van der Waals surface area (Å²) in [5.74, 6) is 0.954. The fourth-order valence-corrected chi connectivity index (χ4v) is 6.01. The summed E-state index contributed by atoms with van der Waals surface area (Å²) in [6.07, 6.45) is 5.54. The summed E-state index contributed by atoms with van der Waals surface area (Å²) >= 11 is 0. The molecule has 1 saturated carbocycles. The van der Waals surface area contributed by atoms with Crippen molar-refractivity contribution in [1.29, 1.82) is 0 Å². The highest BCUT2D eigenvalue weighted by atomic mass is 32.2. The molecule has 0 saturated heterocycles. The smallest absolute Gasteiger partial charge is 0.148 e. The lowest BCUT2D eigenvalue weighted by molar-refractivity contribution is 0.294. The number of sulfone groups is 1. The van der Waals surface area contributed by atoms with Gasteiger partial charge in [0, 0.05) is 28.9 Å². The van der Waals surface area contributed by atoms with Crippen LogP contribution in [-0.2, 0) is 20.6 Å². The molecule has 0 amide bonds. The minimum atomic E-state index is -3.02. The predicted molar refractivity (Wildman–Crippen MR) is 81.6 cm³/mol. The van der Waals surface area contributed by atoms with Crippen LogP contribution in [-0.4, -0.2) is 48.2 Å². The molecule has 0 aromatic rings. The van der Waals surface area contributed by atoms with Gasteiger partial charge in [0.2, 0.25) is 0 Å². The Morgan fingerprint density at radius 3 is 2.47 bits per heavy atom. The summed E-state index contributed by atoms with van der Waals surface area (Å²) in [6.45, 7) is 5.11. The topological polar surface area (TPSA) is 63.2 Å². The molecule has 1 rings (SSSR count). The van der Waals surface area contributed by atoms with Crippen molar-refractivity contribution < 1.29 is 12.6 Å². The second kappa shape index (κ2) is 7.74. The Hall–Kier alpha value is 0.0600. The van der Waals surface area contributed by atoms with Crippen LogP contribution in [0.4, 0.5) is 0 Å². The normalized spacial score (nSPS) is 30.2. The van der Waals surface area contributed by atoms with Crippen molar-refractivity contribution in [3.8, 4) is 0 Å². The summed E-state index contributed by atoms with van der Waals surface area (Å²) in [5, 5.41) is 3.53. The van der Waals surface area contributed by atoms with Gasteiger partial charge in [-0.05, 0) is 31.7 Å². The zero-order valence-electron chi connectivity index (χ0n) is 12.2. The van der Waals surface area contributed by atoms with Crippen LogP contribution < -0.4 is 5.32 Å². The minimum absolute atomic E-state index is 0.0335. The SMILES string of the molecule is CCNC1CCC(CC)CC1S(=O)CCS(C)(=O)=O. The van der Waals surface area contributed by atoms with Crippen molar-refractivity contribution in [2.24, 2.45) is 5.92 Å². The number of hydrogen-bond donors (Lipinski definition) is 1. The van der Waals surface area contributed by atoms with Crippen molar-refractivity contribution in [3.63, 3.8) is 0 Å². The molecule has 19 heavy (non-hydrogen) atoms.